The van der Waals surface area contributed by atoms with Crippen molar-refractivity contribution >= 4 is 21.7 Å². The lowest BCUT2D eigenvalue weighted by atomic mass is 10.2. The van der Waals surface area contributed by atoms with Gasteiger partial charge in [-0.2, -0.15) is 0 Å². The fourth-order valence-electron chi connectivity index (χ4n) is 2.34. The summed E-state index contributed by atoms with van der Waals surface area (Å²) in [7, 11) is -3.07. The third-order valence-electron chi connectivity index (χ3n) is 3.28. The molecule has 2 amide bonds. The first-order chi connectivity index (χ1) is 7.90. The van der Waals surface area contributed by atoms with Gasteiger partial charge in [0.15, 0.2) is 9.84 Å². The van der Waals surface area contributed by atoms with Crippen molar-refractivity contribution in [3.8, 4) is 0 Å². The maximum atomic E-state index is 11.8. The fourth-order valence-corrected chi connectivity index (χ4v) is 4.17. The van der Waals surface area contributed by atoms with Crippen LogP contribution in [0.4, 0.5) is 0 Å². The van der Waals surface area contributed by atoms with Crippen LogP contribution in [0.5, 0.6) is 0 Å². The maximum Gasteiger partial charge on any atom is 0.245 e. The first-order valence-electron chi connectivity index (χ1n) is 5.70. The molecule has 1 N–H and O–H groups in total. The lowest BCUT2D eigenvalue weighted by Crippen LogP contribution is -2.58. The number of carbonyl (C=O) groups excluding carboxylic acids is 2. The third kappa shape index (κ3) is 2.43. The highest BCUT2D eigenvalue weighted by Gasteiger charge is 2.37. The van der Waals surface area contributed by atoms with Crippen LogP contribution < -0.4 is 5.32 Å². The molecular formula is C10H16N2O4S. The summed E-state index contributed by atoms with van der Waals surface area (Å²) in [6.45, 7) is 1.73. The number of carbonyl (C=O) groups is 2. The minimum atomic E-state index is -3.07. The minimum absolute atomic E-state index is 0.0325. The molecule has 0 aromatic carbocycles. The third-order valence-corrected chi connectivity index (χ3v) is 5.54. The molecule has 2 atom stereocenters. The second-order valence-electron chi connectivity index (χ2n) is 4.64. The van der Waals surface area contributed by atoms with E-state index < -0.39 is 21.1 Å². The number of nitrogens with zero attached hydrogens (tertiary/aromatic N) is 1. The van der Waals surface area contributed by atoms with E-state index >= 15 is 0 Å². The summed E-state index contributed by atoms with van der Waals surface area (Å²) < 4.78 is 23.3. The Morgan fingerprint density at radius 1 is 1.41 bits per heavy atom. The molecule has 7 heteroatoms. The molecule has 0 aromatic heterocycles. The van der Waals surface area contributed by atoms with Crippen LogP contribution in [0.3, 0.4) is 0 Å². The Hall–Kier alpha value is -1.11. The maximum absolute atomic E-state index is 11.8. The van der Waals surface area contributed by atoms with E-state index in [1.807, 2.05) is 0 Å². The predicted molar refractivity (Wildman–Crippen MR) is 61.0 cm³/mol. The minimum Gasteiger partial charge on any atom is -0.343 e. The van der Waals surface area contributed by atoms with E-state index in [0.717, 1.165) is 0 Å². The Morgan fingerprint density at radius 3 is 2.71 bits per heavy atom. The van der Waals surface area contributed by atoms with Gasteiger partial charge in [0, 0.05) is 6.54 Å². The highest BCUT2D eigenvalue weighted by atomic mass is 32.2. The van der Waals surface area contributed by atoms with Gasteiger partial charge in [-0.3, -0.25) is 9.59 Å². The Labute approximate surface area is 100 Å². The molecule has 2 aliphatic rings. The van der Waals surface area contributed by atoms with Gasteiger partial charge >= 0.3 is 0 Å². The zero-order valence-electron chi connectivity index (χ0n) is 9.68. The van der Waals surface area contributed by atoms with Gasteiger partial charge in [0.2, 0.25) is 11.8 Å². The number of hydrogen-bond donors (Lipinski definition) is 1. The second kappa shape index (κ2) is 4.29. The summed E-state index contributed by atoms with van der Waals surface area (Å²) >= 11 is 0. The smallest absolute Gasteiger partial charge is 0.245 e. The number of rotatable bonds is 2. The molecule has 6 nitrogen and oxygen atoms in total. The Balaban J connectivity index is 2.08. The topological polar surface area (TPSA) is 83.6 Å². The fraction of sp³-hybridized carbons (Fsp3) is 0.800. The highest BCUT2D eigenvalue weighted by molar-refractivity contribution is 7.92. The SMILES string of the molecule is CC1NC(=O)CN(CC2CCCS2(=O)=O)C1=O. The van der Waals surface area contributed by atoms with Crippen molar-refractivity contribution < 1.29 is 18.0 Å². The van der Waals surface area contributed by atoms with Crippen molar-refractivity contribution in [2.24, 2.45) is 0 Å². The van der Waals surface area contributed by atoms with Crippen molar-refractivity contribution in [3.05, 3.63) is 0 Å². The van der Waals surface area contributed by atoms with Gasteiger partial charge in [0.05, 0.1) is 17.5 Å². The largest absolute Gasteiger partial charge is 0.343 e. The van der Waals surface area contributed by atoms with Gasteiger partial charge in [-0.05, 0) is 19.8 Å². The van der Waals surface area contributed by atoms with Crippen molar-refractivity contribution in [3.63, 3.8) is 0 Å². The Bertz CT molecular complexity index is 445. The molecule has 2 fully saturated rings. The van der Waals surface area contributed by atoms with Crippen molar-refractivity contribution in [1.29, 1.82) is 0 Å². The molecule has 17 heavy (non-hydrogen) atoms. The van der Waals surface area contributed by atoms with Crippen LogP contribution >= 0.6 is 0 Å². The van der Waals surface area contributed by atoms with E-state index in [-0.39, 0.29) is 30.7 Å². The van der Waals surface area contributed by atoms with Crippen molar-refractivity contribution in [2.75, 3.05) is 18.8 Å². The summed E-state index contributed by atoms with van der Waals surface area (Å²) in [6.07, 6.45) is 1.24. The van der Waals surface area contributed by atoms with Crippen LogP contribution in [0.2, 0.25) is 0 Å². The monoisotopic (exact) mass is 260 g/mol. The second-order valence-corrected chi connectivity index (χ2v) is 7.04. The molecule has 2 rings (SSSR count). The summed E-state index contributed by atoms with van der Waals surface area (Å²) in [5, 5.41) is 2.03. The van der Waals surface area contributed by atoms with Crippen LogP contribution in [-0.2, 0) is 19.4 Å². The van der Waals surface area contributed by atoms with Gasteiger partial charge in [0.1, 0.15) is 6.04 Å². The highest BCUT2D eigenvalue weighted by Crippen LogP contribution is 2.21. The molecule has 2 unspecified atom stereocenters. The molecule has 0 aliphatic carbocycles. The number of piperazine rings is 1. The molecule has 0 saturated carbocycles. The summed E-state index contributed by atoms with van der Waals surface area (Å²) in [5.74, 6) is -0.235. The lowest BCUT2D eigenvalue weighted by molar-refractivity contribution is -0.143. The zero-order valence-corrected chi connectivity index (χ0v) is 10.5. The molecule has 2 saturated heterocycles. The van der Waals surface area contributed by atoms with Gasteiger partial charge in [0.25, 0.3) is 0 Å². The quantitative estimate of drug-likeness (QED) is 0.684. The van der Waals surface area contributed by atoms with E-state index in [9.17, 15) is 18.0 Å². The van der Waals surface area contributed by atoms with Crippen LogP contribution in [0.25, 0.3) is 0 Å². The Morgan fingerprint density at radius 2 is 2.12 bits per heavy atom. The van der Waals surface area contributed by atoms with Gasteiger partial charge in [-0.25, -0.2) is 8.42 Å². The zero-order chi connectivity index (χ0) is 12.6. The molecule has 96 valence electrons. The lowest BCUT2D eigenvalue weighted by Gasteiger charge is -2.32. The number of hydrogen-bond acceptors (Lipinski definition) is 4. The van der Waals surface area contributed by atoms with E-state index in [0.29, 0.717) is 12.8 Å². The van der Waals surface area contributed by atoms with E-state index in [4.69, 9.17) is 0 Å². The molecule has 0 bridgehead atoms. The van der Waals surface area contributed by atoms with Crippen LogP contribution in [0.15, 0.2) is 0 Å². The van der Waals surface area contributed by atoms with E-state index in [1.165, 1.54) is 4.90 Å². The van der Waals surface area contributed by atoms with Crippen molar-refractivity contribution in [1.82, 2.24) is 10.2 Å². The van der Waals surface area contributed by atoms with Crippen LogP contribution in [0, 0.1) is 0 Å². The van der Waals surface area contributed by atoms with E-state index in [2.05, 4.69) is 5.32 Å². The average molecular weight is 260 g/mol. The molecule has 0 aromatic rings. The number of amides is 2. The van der Waals surface area contributed by atoms with E-state index in [1.54, 1.807) is 6.92 Å². The molecular weight excluding hydrogens is 244 g/mol. The first-order valence-corrected chi connectivity index (χ1v) is 7.41. The predicted octanol–water partition coefficient (Wildman–Crippen LogP) is -1.09. The summed E-state index contributed by atoms with van der Waals surface area (Å²) in [4.78, 5) is 24.5. The standard InChI is InChI=1S/C10H16N2O4S/c1-7-10(14)12(6-9(13)11-7)5-8-3-2-4-17(8,15)16/h7-8H,2-6H2,1H3,(H,11,13). The normalized spacial score (nSPS) is 32.6. The van der Waals surface area contributed by atoms with Gasteiger partial charge in [-0.1, -0.05) is 0 Å². The molecule has 2 heterocycles. The van der Waals surface area contributed by atoms with Crippen LogP contribution in [-0.4, -0.2) is 55.3 Å². The molecule has 0 spiro atoms. The van der Waals surface area contributed by atoms with Gasteiger partial charge in [-0.15, -0.1) is 0 Å². The average Bonchev–Trinajstić information content (AvgIpc) is 2.54. The van der Waals surface area contributed by atoms with Crippen LogP contribution in [0.1, 0.15) is 19.8 Å². The van der Waals surface area contributed by atoms with Gasteiger partial charge < -0.3 is 10.2 Å². The Kier molecular flexibility index (Phi) is 3.11. The molecule has 2 aliphatic heterocycles. The van der Waals surface area contributed by atoms with Crippen molar-refractivity contribution in [2.45, 2.75) is 31.1 Å². The summed E-state index contributed by atoms with van der Waals surface area (Å²) in [6, 6.07) is -0.555. The molecule has 0 radical (unpaired) electrons. The number of nitrogens with one attached hydrogen (secondary N) is 1. The number of sulfone groups is 1. The summed E-state index contributed by atoms with van der Waals surface area (Å²) in [5.41, 5.74) is 0. The first kappa shape index (κ1) is 12.3.